The van der Waals surface area contributed by atoms with E-state index in [4.69, 9.17) is 10.5 Å². The number of rotatable bonds is 6. The van der Waals surface area contributed by atoms with Crippen LogP contribution >= 0.6 is 0 Å². The van der Waals surface area contributed by atoms with Gasteiger partial charge in [-0.05, 0) is 35.7 Å². The molecule has 4 nitrogen and oxygen atoms in total. The van der Waals surface area contributed by atoms with Gasteiger partial charge in [-0.25, -0.2) is 0 Å². The highest BCUT2D eigenvalue weighted by Crippen LogP contribution is 2.23. The molecule has 0 saturated heterocycles. The summed E-state index contributed by atoms with van der Waals surface area (Å²) >= 11 is 0. The number of carbonyl (C=O) groups is 1. The van der Waals surface area contributed by atoms with Crippen LogP contribution in [0.3, 0.4) is 0 Å². The number of carbonyl (C=O) groups excluding carboxylic acids is 1. The minimum Gasteiger partial charge on any atom is -0.497 e. The van der Waals surface area contributed by atoms with Crippen LogP contribution in [0.1, 0.15) is 18.9 Å². The number of nitrogens with one attached hydrogen (secondary N) is 1. The second-order valence-corrected chi connectivity index (χ2v) is 5.39. The maximum atomic E-state index is 11.6. The van der Waals surface area contributed by atoms with Gasteiger partial charge in [0.2, 0.25) is 5.91 Å². The molecule has 0 aliphatic carbocycles. The van der Waals surface area contributed by atoms with Gasteiger partial charge in [-0.1, -0.05) is 36.4 Å². The molecule has 0 radical (unpaired) electrons. The summed E-state index contributed by atoms with van der Waals surface area (Å²) in [6.45, 7) is 2.34. The van der Waals surface area contributed by atoms with Crippen molar-refractivity contribution in [3.63, 3.8) is 0 Å². The van der Waals surface area contributed by atoms with Gasteiger partial charge in [0.15, 0.2) is 0 Å². The van der Waals surface area contributed by atoms with Gasteiger partial charge >= 0.3 is 0 Å². The van der Waals surface area contributed by atoms with Crippen molar-refractivity contribution in [3.05, 3.63) is 54.1 Å². The first-order valence-electron chi connectivity index (χ1n) is 7.34. The van der Waals surface area contributed by atoms with Gasteiger partial charge < -0.3 is 15.8 Å². The van der Waals surface area contributed by atoms with Crippen LogP contribution in [0.2, 0.25) is 0 Å². The number of benzene rings is 2. The third kappa shape index (κ3) is 4.60. The van der Waals surface area contributed by atoms with Gasteiger partial charge in [0.05, 0.1) is 7.11 Å². The number of hydrogen-bond donors (Lipinski definition) is 2. The maximum absolute atomic E-state index is 11.6. The highest BCUT2D eigenvalue weighted by molar-refractivity contribution is 5.76. The van der Waals surface area contributed by atoms with Crippen molar-refractivity contribution in [3.8, 4) is 16.9 Å². The molecule has 0 spiro atoms. The standard InChI is InChI=1S/C18H22N2O2/c1-13(19)10-18(21)20-12-14-6-8-15(9-7-14)16-4-3-5-17(11-16)22-2/h3-9,11,13H,10,12,19H2,1-2H3,(H,20,21). The van der Waals surface area contributed by atoms with Gasteiger partial charge in [0, 0.05) is 19.0 Å². The van der Waals surface area contributed by atoms with E-state index in [1.54, 1.807) is 7.11 Å². The Hall–Kier alpha value is -2.33. The fraction of sp³-hybridized carbons (Fsp3) is 0.278. The van der Waals surface area contributed by atoms with Gasteiger partial charge in [-0.3, -0.25) is 4.79 Å². The first-order valence-corrected chi connectivity index (χ1v) is 7.34. The summed E-state index contributed by atoms with van der Waals surface area (Å²) in [6, 6.07) is 15.9. The lowest BCUT2D eigenvalue weighted by atomic mass is 10.0. The molecule has 1 atom stereocenters. The van der Waals surface area contributed by atoms with E-state index in [2.05, 4.69) is 5.32 Å². The summed E-state index contributed by atoms with van der Waals surface area (Å²) in [5, 5.41) is 2.87. The number of ether oxygens (including phenoxy) is 1. The molecule has 0 aromatic heterocycles. The molecular weight excluding hydrogens is 276 g/mol. The van der Waals surface area contributed by atoms with E-state index in [1.807, 2.05) is 55.5 Å². The highest BCUT2D eigenvalue weighted by atomic mass is 16.5. The van der Waals surface area contributed by atoms with E-state index < -0.39 is 0 Å². The third-order valence-corrected chi connectivity index (χ3v) is 3.35. The molecule has 0 saturated carbocycles. The van der Waals surface area contributed by atoms with Crippen LogP contribution in [-0.4, -0.2) is 19.1 Å². The predicted octanol–water partition coefficient (Wildman–Crippen LogP) is 2.72. The largest absolute Gasteiger partial charge is 0.497 e. The molecule has 0 bridgehead atoms. The lowest BCUT2D eigenvalue weighted by Crippen LogP contribution is -2.29. The Bertz CT molecular complexity index is 621. The number of nitrogens with two attached hydrogens (primary N) is 1. The van der Waals surface area contributed by atoms with Crippen molar-refractivity contribution >= 4 is 5.91 Å². The number of hydrogen-bond acceptors (Lipinski definition) is 3. The first-order chi connectivity index (χ1) is 10.6. The Kier molecular flexibility index (Phi) is 5.55. The minimum atomic E-state index is -0.115. The van der Waals surface area contributed by atoms with Crippen LogP contribution in [0.5, 0.6) is 5.75 Å². The van der Waals surface area contributed by atoms with Gasteiger partial charge in [0.1, 0.15) is 5.75 Å². The smallest absolute Gasteiger partial charge is 0.221 e. The van der Waals surface area contributed by atoms with E-state index in [0.717, 1.165) is 22.4 Å². The molecule has 2 aromatic rings. The molecule has 0 aliphatic heterocycles. The Morgan fingerprint density at radius 3 is 2.55 bits per heavy atom. The SMILES string of the molecule is COc1cccc(-c2ccc(CNC(=O)CC(C)N)cc2)c1. The Morgan fingerprint density at radius 1 is 1.18 bits per heavy atom. The number of amides is 1. The molecule has 0 aliphatic rings. The van der Waals surface area contributed by atoms with Crippen molar-refractivity contribution in [1.29, 1.82) is 0 Å². The molecule has 0 fully saturated rings. The van der Waals surface area contributed by atoms with Crippen LogP contribution in [0.25, 0.3) is 11.1 Å². The zero-order chi connectivity index (χ0) is 15.9. The second-order valence-electron chi connectivity index (χ2n) is 5.39. The molecule has 3 N–H and O–H groups in total. The maximum Gasteiger partial charge on any atom is 0.221 e. The minimum absolute atomic E-state index is 0.0214. The molecule has 2 rings (SSSR count). The summed E-state index contributed by atoms with van der Waals surface area (Å²) in [4.78, 5) is 11.6. The topological polar surface area (TPSA) is 64.3 Å². The van der Waals surface area contributed by atoms with Crippen LogP contribution in [0.15, 0.2) is 48.5 Å². The van der Waals surface area contributed by atoms with Gasteiger partial charge in [0.25, 0.3) is 0 Å². The van der Waals surface area contributed by atoms with Crippen LogP contribution in [0, 0.1) is 0 Å². The highest BCUT2D eigenvalue weighted by Gasteiger charge is 2.05. The molecule has 22 heavy (non-hydrogen) atoms. The van der Waals surface area contributed by atoms with Crippen molar-refractivity contribution in [1.82, 2.24) is 5.32 Å². The van der Waals surface area contributed by atoms with Gasteiger partial charge in [-0.15, -0.1) is 0 Å². The van der Waals surface area contributed by atoms with E-state index in [1.165, 1.54) is 0 Å². The van der Waals surface area contributed by atoms with E-state index in [9.17, 15) is 4.79 Å². The summed E-state index contributed by atoms with van der Waals surface area (Å²) in [6.07, 6.45) is 0.349. The van der Waals surface area contributed by atoms with Crippen LogP contribution in [0.4, 0.5) is 0 Å². The summed E-state index contributed by atoms with van der Waals surface area (Å²) in [5.41, 5.74) is 8.88. The zero-order valence-electron chi connectivity index (χ0n) is 13.0. The Labute approximate surface area is 131 Å². The van der Waals surface area contributed by atoms with Crippen LogP contribution in [-0.2, 0) is 11.3 Å². The summed E-state index contributed by atoms with van der Waals surface area (Å²) in [7, 11) is 1.66. The molecule has 4 heteroatoms. The fourth-order valence-electron chi connectivity index (χ4n) is 2.18. The molecule has 1 unspecified atom stereocenters. The molecule has 116 valence electrons. The molecule has 1 amide bonds. The third-order valence-electron chi connectivity index (χ3n) is 3.35. The first kappa shape index (κ1) is 16.0. The Balaban J connectivity index is 1.99. The zero-order valence-corrected chi connectivity index (χ0v) is 13.0. The average Bonchev–Trinajstić information content (AvgIpc) is 2.53. The molecular formula is C18H22N2O2. The number of methoxy groups -OCH3 is 1. The lowest BCUT2D eigenvalue weighted by Gasteiger charge is -2.09. The van der Waals surface area contributed by atoms with Crippen LogP contribution < -0.4 is 15.8 Å². The predicted molar refractivity (Wildman–Crippen MR) is 88.5 cm³/mol. The summed E-state index contributed by atoms with van der Waals surface area (Å²) in [5.74, 6) is 0.816. The Morgan fingerprint density at radius 2 is 1.91 bits per heavy atom. The average molecular weight is 298 g/mol. The van der Waals surface area contributed by atoms with Crippen molar-refractivity contribution in [2.45, 2.75) is 25.9 Å². The summed E-state index contributed by atoms with van der Waals surface area (Å²) < 4.78 is 5.24. The quantitative estimate of drug-likeness (QED) is 0.862. The fourth-order valence-corrected chi connectivity index (χ4v) is 2.18. The monoisotopic (exact) mass is 298 g/mol. The second kappa shape index (κ2) is 7.61. The van der Waals surface area contributed by atoms with E-state index in [-0.39, 0.29) is 11.9 Å². The van der Waals surface area contributed by atoms with Gasteiger partial charge in [-0.2, -0.15) is 0 Å². The van der Waals surface area contributed by atoms with Crippen molar-refractivity contribution in [2.75, 3.05) is 7.11 Å². The normalized spacial score (nSPS) is 11.8. The van der Waals surface area contributed by atoms with Crippen molar-refractivity contribution in [2.24, 2.45) is 5.73 Å². The molecule has 2 aromatic carbocycles. The van der Waals surface area contributed by atoms with E-state index in [0.29, 0.717) is 13.0 Å². The van der Waals surface area contributed by atoms with E-state index >= 15 is 0 Å². The molecule has 0 heterocycles. The van der Waals surface area contributed by atoms with Crippen molar-refractivity contribution < 1.29 is 9.53 Å². The lowest BCUT2D eigenvalue weighted by molar-refractivity contribution is -0.121.